The Labute approximate surface area is 249 Å². The largest absolute Gasteiger partial charge is 0.457 e. The minimum atomic E-state index is 0.560. The Morgan fingerprint density at radius 2 is 0.535 bits per heavy atom. The Kier molecular flexibility index (Phi) is 7.95. The van der Waals surface area contributed by atoms with Crippen molar-refractivity contribution in [3.63, 3.8) is 0 Å². The van der Waals surface area contributed by atoms with Crippen LogP contribution in [0, 0.1) is 0 Å². The highest BCUT2D eigenvalue weighted by Crippen LogP contribution is 2.35. The first kappa shape index (κ1) is 27.1. The van der Waals surface area contributed by atoms with Crippen LogP contribution < -0.4 is 35.2 Å². The number of nitrogens with two attached hydrogens (primary N) is 2. The number of benzene rings is 6. The average Bonchev–Trinajstić information content (AvgIpc) is 3.00. The smallest absolute Gasteiger partial charge is 0.150 e. The van der Waals surface area contributed by atoms with Crippen LogP contribution in [0.1, 0.15) is 0 Å². The Bertz CT molecular complexity index is 1720. The number of para-hydroxylation sites is 4. The summed E-state index contributed by atoms with van der Waals surface area (Å²) in [6.45, 7) is 0. The minimum absolute atomic E-state index is 0.560. The summed E-state index contributed by atoms with van der Waals surface area (Å²) < 4.78 is 30.2. The number of hydrogen-bond acceptors (Lipinski definition) is 7. The van der Waals surface area contributed by atoms with E-state index < -0.39 is 0 Å². The van der Waals surface area contributed by atoms with Gasteiger partial charge in [0.2, 0.25) is 0 Å². The molecule has 0 saturated heterocycles. The Balaban J connectivity index is 1.11. The van der Waals surface area contributed by atoms with Crippen molar-refractivity contribution in [1.29, 1.82) is 0 Å². The molecule has 7 heteroatoms. The fraction of sp³-hybridized carbons (Fsp3) is 0. The van der Waals surface area contributed by atoms with E-state index >= 15 is 0 Å². The van der Waals surface area contributed by atoms with E-state index in [-0.39, 0.29) is 0 Å². The zero-order valence-corrected chi connectivity index (χ0v) is 23.1. The molecule has 0 atom stereocenters. The van der Waals surface area contributed by atoms with Crippen LogP contribution >= 0.6 is 0 Å². The maximum Gasteiger partial charge on any atom is 0.150 e. The third-order valence-corrected chi connectivity index (χ3v) is 6.22. The summed E-state index contributed by atoms with van der Waals surface area (Å²) in [6.07, 6.45) is 0. The van der Waals surface area contributed by atoms with E-state index in [1.54, 1.807) is 24.3 Å². The van der Waals surface area contributed by atoms with Gasteiger partial charge in [-0.1, -0.05) is 48.5 Å². The van der Waals surface area contributed by atoms with Crippen molar-refractivity contribution in [3.8, 4) is 57.5 Å². The van der Waals surface area contributed by atoms with Crippen molar-refractivity contribution < 1.29 is 23.7 Å². The standard InChI is InChI=1S/C36H28N2O5/c37-33-17-1-3-19-35(33)42-31-15-7-13-29(23-31)40-27-11-5-9-25(21-27)39-26-10-6-12-28(22-26)41-30-14-8-16-32(24-30)43-36-20-4-2-18-34(36)38/h1-24H,37-38H2. The molecule has 0 aliphatic rings. The van der Waals surface area contributed by atoms with Gasteiger partial charge in [0.05, 0.1) is 11.4 Å². The van der Waals surface area contributed by atoms with E-state index in [1.165, 1.54) is 0 Å². The average molecular weight is 569 g/mol. The van der Waals surface area contributed by atoms with Crippen LogP contribution in [-0.2, 0) is 0 Å². The van der Waals surface area contributed by atoms with E-state index in [0.717, 1.165) is 0 Å². The summed E-state index contributed by atoms with van der Waals surface area (Å²) in [5, 5.41) is 0. The zero-order chi connectivity index (χ0) is 29.4. The van der Waals surface area contributed by atoms with E-state index in [2.05, 4.69) is 0 Å². The van der Waals surface area contributed by atoms with Gasteiger partial charge in [0, 0.05) is 24.3 Å². The van der Waals surface area contributed by atoms with E-state index in [9.17, 15) is 0 Å². The predicted molar refractivity (Wildman–Crippen MR) is 168 cm³/mol. The number of anilines is 2. The molecule has 0 heterocycles. The van der Waals surface area contributed by atoms with Gasteiger partial charge >= 0.3 is 0 Å². The fourth-order valence-corrected chi connectivity index (χ4v) is 4.21. The van der Waals surface area contributed by atoms with Gasteiger partial charge in [0.25, 0.3) is 0 Å². The van der Waals surface area contributed by atoms with Gasteiger partial charge < -0.3 is 35.2 Å². The lowest BCUT2D eigenvalue weighted by Crippen LogP contribution is -1.92. The molecule has 6 rings (SSSR count). The number of nitrogen functional groups attached to an aromatic ring is 2. The monoisotopic (exact) mass is 568 g/mol. The summed E-state index contributed by atoms with van der Waals surface area (Å²) in [5.41, 5.74) is 13.1. The summed E-state index contributed by atoms with van der Waals surface area (Å²) in [5.74, 6) is 6.04. The van der Waals surface area contributed by atoms with E-state index in [0.29, 0.717) is 68.9 Å². The molecule has 0 aliphatic carbocycles. The van der Waals surface area contributed by atoms with Crippen LogP contribution in [0.25, 0.3) is 0 Å². The van der Waals surface area contributed by atoms with Crippen molar-refractivity contribution in [1.82, 2.24) is 0 Å². The first-order valence-corrected chi connectivity index (χ1v) is 13.6. The molecule has 6 aromatic rings. The van der Waals surface area contributed by atoms with Crippen LogP contribution in [0.5, 0.6) is 57.5 Å². The zero-order valence-electron chi connectivity index (χ0n) is 23.1. The molecule has 0 amide bonds. The highest BCUT2D eigenvalue weighted by molar-refractivity contribution is 5.55. The quantitative estimate of drug-likeness (QED) is 0.159. The third kappa shape index (κ3) is 7.17. The Hall–Kier alpha value is -6.08. The van der Waals surface area contributed by atoms with Gasteiger partial charge in [-0.3, -0.25) is 0 Å². The molecule has 43 heavy (non-hydrogen) atoms. The SMILES string of the molecule is Nc1ccccc1Oc1cccc(Oc2cccc(Oc3cccc(Oc4cccc(Oc5ccccc5N)c4)c3)c2)c1. The predicted octanol–water partition coefficient (Wildman–Crippen LogP) is 9.81. The second-order valence-corrected chi connectivity index (χ2v) is 9.49. The van der Waals surface area contributed by atoms with E-state index in [1.807, 2.05) is 121 Å². The maximum absolute atomic E-state index is 6.13. The lowest BCUT2D eigenvalue weighted by Gasteiger charge is -2.12. The molecule has 0 radical (unpaired) electrons. The van der Waals surface area contributed by atoms with Crippen molar-refractivity contribution in [2.75, 3.05) is 11.5 Å². The highest BCUT2D eigenvalue weighted by atomic mass is 16.5. The second-order valence-electron chi connectivity index (χ2n) is 9.49. The molecule has 0 bridgehead atoms. The van der Waals surface area contributed by atoms with Crippen molar-refractivity contribution in [2.45, 2.75) is 0 Å². The van der Waals surface area contributed by atoms with Crippen LogP contribution in [0.4, 0.5) is 11.4 Å². The van der Waals surface area contributed by atoms with Gasteiger partial charge in [-0.15, -0.1) is 0 Å². The summed E-state index contributed by atoms with van der Waals surface area (Å²) >= 11 is 0. The fourth-order valence-electron chi connectivity index (χ4n) is 4.21. The molecule has 0 aliphatic heterocycles. The molecule has 0 fully saturated rings. The molecule has 0 spiro atoms. The maximum atomic E-state index is 6.13. The summed E-state index contributed by atoms with van der Waals surface area (Å²) in [6, 6.07) is 44.1. The number of hydrogen-bond donors (Lipinski definition) is 2. The molecule has 4 N–H and O–H groups in total. The van der Waals surface area contributed by atoms with Gasteiger partial charge in [-0.25, -0.2) is 0 Å². The van der Waals surface area contributed by atoms with Crippen LogP contribution in [0.2, 0.25) is 0 Å². The molecule has 6 aromatic carbocycles. The molecule has 0 saturated carbocycles. The van der Waals surface area contributed by atoms with Gasteiger partial charge in [-0.05, 0) is 72.8 Å². The van der Waals surface area contributed by atoms with Gasteiger partial charge in [0.1, 0.15) is 57.5 Å². The summed E-state index contributed by atoms with van der Waals surface area (Å²) in [4.78, 5) is 0. The Morgan fingerprint density at radius 3 is 0.814 bits per heavy atom. The molecule has 0 unspecified atom stereocenters. The second kappa shape index (κ2) is 12.6. The third-order valence-electron chi connectivity index (χ3n) is 6.22. The van der Waals surface area contributed by atoms with Crippen LogP contribution in [-0.4, -0.2) is 0 Å². The molecular formula is C36H28N2O5. The van der Waals surface area contributed by atoms with Crippen molar-refractivity contribution >= 4 is 11.4 Å². The van der Waals surface area contributed by atoms with Crippen molar-refractivity contribution in [2.24, 2.45) is 0 Å². The Morgan fingerprint density at radius 1 is 0.279 bits per heavy atom. The number of ether oxygens (including phenoxy) is 5. The molecule has 212 valence electrons. The lowest BCUT2D eigenvalue weighted by atomic mass is 10.2. The highest BCUT2D eigenvalue weighted by Gasteiger charge is 2.08. The first-order valence-electron chi connectivity index (χ1n) is 13.6. The first-order chi connectivity index (χ1) is 21.1. The lowest BCUT2D eigenvalue weighted by molar-refractivity contribution is 0.445. The van der Waals surface area contributed by atoms with Gasteiger partial charge in [-0.2, -0.15) is 0 Å². The molecular weight excluding hydrogens is 540 g/mol. The summed E-state index contributed by atoms with van der Waals surface area (Å²) in [7, 11) is 0. The van der Waals surface area contributed by atoms with Crippen molar-refractivity contribution in [3.05, 3.63) is 146 Å². The minimum Gasteiger partial charge on any atom is -0.457 e. The van der Waals surface area contributed by atoms with Crippen LogP contribution in [0.15, 0.2) is 146 Å². The van der Waals surface area contributed by atoms with E-state index in [4.69, 9.17) is 35.2 Å². The van der Waals surface area contributed by atoms with Crippen LogP contribution in [0.3, 0.4) is 0 Å². The number of rotatable bonds is 10. The van der Waals surface area contributed by atoms with Gasteiger partial charge in [0.15, 0.2) is 0 Å². The normalized spacial score (nSPS) is 10.5. The molecule has 7 nitrogen and oxygen atoms in total. The molecule has 0 aromatic heterocycles. The topological polar surface area (TPSA) is 98.2 Å².